The molecule has 0 aromatic rings. The Labute approximate surface area is 114 Å². The first kappa shape index (κ1) is 12.9. The van der Waals surface area contributed by atoms with Gasteiger partial charge in [0.25, 0.3) is 0 Å². The van der Waals surface area contributed by atoms with Crippen molar-refractivity contribution in [2.24, 2.45) is 17.8 Å². The summed E-state index contributed by atoms with van der Waals surface area (Å²) in [5, 5.41) is 0. The molecule has 0 saturated heterocycles. The number of alkyl halides is 1. The van der Waals surface area contributed by atoms with Crippen LogP contribution in [0.15, 0.2) is 12.2 Å². The standard InChI is InChI=1S/C15H25I/c1-11-3-5-13(6-4-11)12(2)14-7-9-15(16)10-8-14/h11,13-15H,2-10H2,1H3. The van der Waals surface area contributed by atoms with E-state index in [1.54, 1.807) is 5.57 Å². The van der Waals surface area contributed by atoms with Crippen LogP contribution in [0.2, 0.25) is 0 Å². The summed E-state index contributed by atoms with van der Waals surface area (Å²) in [6.07, 6.45) is 11.4. The van der Waals surface area contributed by atoms with E-state index in [-0.39, 0.29) is 0 Å². The second-order valence-corrected chi connectivity index (χ2v) is 7.74. The molecule has 1 heteroatoms. The van der Waals surface area contributed by atoms with E-state index < -0.39 is 0 Å². The topological polar surface area (TPSA) is 0 Å². The molecule has 0 unspecified atom stereocenters. The summed E-state index contributed by atoms with van der Waals surface area (Å²) in [6.45, 7) is 6.85. The third kappa shape index (κ3) is 3.24. The molecule has 0 amide bonds. The summed E-state index contributed by atoms with van der Waals surface area (Å²) in [4.78, 5) is 0. The zero-order valence-electron chi connectivity index (χ0n) is 10.6. The van der Waals surface area contributed by atoms with E-state index in [2.05, 4.69) is 36.1 Å². The van der Waals surface area contributed by atoms with E-state index in [1.807, 2.05) is 0 Å². The molecule has 16 heavy (non-hydrogen) atoms. The van der Waals surface area contributed by atoms with E-state index in [0.29, 0.717) is 0 Å². The maximum absolute atomic E-state index is 4.45. The van der Waals surface area contributed by atoms with Gasteiger partial charge in [-0.2, -0.15) is 0 Å². The minimum Gasteiger partial charge on any atom is -0.0993 e. The molecule has 2 aliphatic rings. The van der Waals surface area contributed by atoms with Gasteiger partial charge in [-0.25, -0.2) is 0 Å². The maximum atomic E-state index is 4.45. The van der Waals surface area contributed by atoms with Crippen LogP contribution >= 0.6 is 22.6 Å². The van der Waals surface area contributed by atoms with E-state index in [9.17, 15) is 0 Å². The molecule has 0 nitrogen and oxygen atoms in total. The van der Waals surface area contributed by atoms with Gasteiger partial charge >= 0.3 is 0 Å². The summed E-state index contributed by atoms with van der Waals surface area (Å²) in [6, 6.07) is 0. The minimum absolute atomic E-state index is 0.865. The Balaban J connectivity index is 1.83. The van der Waals surface area contributed by atoms with Gasteiger partial charge in [-0.3, -0.25) is 0 Å². The lowest BCUT2D eigenvalue weighted by atomic mass is 9.72. The summed E-state index contributed by atoms with van der Waals surface area (Å²) < 4.78 is 0.938. The van der Waals surface area contributed by atoms with Crippen molar-refractivity contribution in [1.29, 1.82) is 0 Å². The number of allylic oxidation sites excluding steroid dienone is 1. The first-order chi connectivity index (χ1) is 7.66. The fraction of sp³-hybridized carbons (Fsp3) is 0.867. The van der Waals surface area contributed by atoms with Gasteiger partial charge in [-0.05, 0) is 56.3 Å². The van der Waals surface area contributed by atoms with Crippen molar-refractivity contribution in [2.45, 2.75) is 62.2 Å². The highest BCUT2D eigenvalue weighted by Gasteiger charge is 2.27. The average molecular weight is 332 g/mol. The first-order valence-corrected chi connectivity index (χ1v) is 8.24. The van der Waals surface area contributed by atoms with E-state index in [4.69, 9.17) is 0 Å². The van der Waals surface area contributed by atoms with Crippen molar-refractivity contribution in [3.63, 3.8) is 0 Å². The normalized spacial score (nSPS) is 40.6. The Hall–Kier alpha value is 0.470. The largest absolute Gasteiger partial charge is 0.0993 e. The minimum atomic E-state index is 0.865. The monoisotopic (exact) mass is 332 g/mol. The number of rotatable bonds is 2. The van der Waals surface area contributed by atoms with E-state index in [0.717, 1.165) is 21.7 Å². The average Bonchev–Trinajstić information content (AvgIpc) is 2.30. The predicted molar refractivity (Wildman–Crippen MR) is 80.0 cm³/mol. The lowest BCUT2D eigenvalue weighted by Gasteiger charge is -2.34. The van der Waals surface area contributed by atoms with Crippen molar-refractivity contribution in [3.8, 4) is 0 Å². The van der Waals surface area contributed by atoms with Gasteiger partial charge in [0, 0.05) is 3.92 Å². The van der Waals surface area contributed by atoms with Gasteiger partial charge in [-0.1, -0.05) is 54.5 Å². The first-order valence-electron chi connectivity index (χ1n) is 6.99. The molecule has 2 fully saturated rings. The van der Waals surface area contributed by atoms with Crippen LogP contribution in [0.4, 0.5) is 0 Å². The van der Waals surface area contributed by atoms with Crippen LogP contribution in [-0.2, 0) is 0 Å². The smallest absolute Gasteiger partial charge is 0.0110 e. The highest BCUT2D eigenvalue weighted by molar-refractivity contribution is 14.1. The van der Waals surface area contributed by atoms with Crippen LogP contribution < -0.4 is 0 Å². The summed E-state index contributed by atoms with van der Waals surface area (Å²) in [5.41, 5.74) is 1.62. The van der Waals surface area contributed by atoms with E-state index in [1.165, 1.54) is 51.4 Å². The van der Waals surface area contributed by atoms with Crippen LogP contribution in [0.3, 0.4) is 0 Å². The summed E-state index contributed by atoms with van der Waals surface area (Å²) in [5.74, 6) is 2.70. The summed E-state index contributed by atoms with van der Waals surface area (Å²) >= 11 is 2.62. The van der Waals surface area contributed by atoms with Gasteiger partial charge in [0.2, 0.25) is 0 Å². The highest BCUT2D eigenvalue weighted by Crippen LogP contribution is 2.40. The predicted octanol–water partition coefficient (Wildman–Crippen LogP) is 5.36. The van der Waals surface area contributed by atoms with Crippen LogP contribution in [0.5, 0.6) is 0 Å². The number of hydrogen-bond acceptors (Lipinski definition) is 0. The van der Waals surface area contributed by atoms with Crippen LogP contribution in [0, 0.1) is 17.8 Å². The molecule has 2 aliphatic carbocycles. The molecule has 0 N–H and O–H groups in total. The Bertz CT molecular complexity index is 206. The molecule has 92 valence electrons. The highest BCUT2D eigenvalue weighted by atomic mass is 127. The summed E-state index contributed by atoms with van der Waals surface area (Å²) in [7, 11) is 0. The van der Waals surface area contributed by atoms with Crippen molar-refractivity contribution in [3.05, 3.63) is 12.2 Å². The molecule has 0 spiro atoms. The lowest BCUT2D eigenvalue weighted by Crippen LogP contribution is -2.22. The molecule has 0 aromatic carbocycles. The van der Waals surface area contributed by atoms with Gasteiger partial charge < -0.3 is 0 Å². The van der Waals surface area contributed by atoms with Gasteiger partial charge in [0.1, 0.15) is 0 Å². The second kappa shape index (κ2) is 5.88. The molecule has 0 radical (unpaired) electrons. The molecule has 0 atom stereocenters. The Morgan fingerprint density at radius 1 is 0.875 bits per heavy atom. The molecule has 0 bridgehead atoms. The fourth-order valence-electron chi connectivity index (χ4n) is 3.39. The van der Waals surface area contributed by atoms with Crippen molar-refractivity contribution < 1.29 is 0 Å². The van der Waals surface area contributed by atoms with E-state index >= 15 is 0 Å². The van der Waals surface area contributed by atoms with Crippen molar-refractivity contribution >= 4 is 22.6 Å². The molecular weight excluding hydrogens is 307 g/mol. The Morgan fingerprint density at radius 2 is 1.31 bits per heavy atom. The van der Waals surface area contributed by atoms with Crippen molar-refractivity contribution in [1.82, 2.24) is 0 Å². The number of hydrogen-bond donors (Lipinski definition) is 0. The molecule has 0 heterocycles. The molecule has 2 saturated carbocycles. The molecular formula is C15H25I. The fourth-order valence-corrected chi connectivity index (χ4v) is 4.11. The molecule has 0 aliphatic heterocycles. The second-order valence-electron chi connectivity index (χ2n) is 5.98. The van der Waals surface area contributed by atoms with Crippen molar-refractivity contribution in [2.75, 3.05) is 0 Å². The Kier molecular flexibility index (Phi) is 4.75. The Morgan fingerprint density at radius 3 is 1.81 bits per heavy atom. The van der Waals surface area contributed by atoms with Gasteiger partial charge in [0.05, 0.1) is 0 Å². The maximum Gasteiger partial charge on any atom is 0.0110 e. The quantitative estimate of drug-likeness (QED) is 0.363. The van der Waals surface area contributed by atoms with Crippen LogP contribution in [0.25, 0.3) is 0 Å². The molecule has 0 aromatic heterocycles. The lowest BCUT2D eigenvalue weighted by molar-refractivity contribution is 0.288. The zero-order valence-corrected chi connectivity index (χ0v) is 12.7. The third-order valence-electron chi connectivity index (χ3n) is 4.72. The van der Waals surface area contributed by atoms with Crippen LogP contribution in [-0.4, -0.2) is 3.92 Å². The SMILES string of the molecule is C=C(C1CCC(C)CC1)C1CCC(I)CC1. The van der Waals surface area contributed by atoms with Gasteiger partial charge in [0.15, 0.2) is 0 Å². The zero-order chi connectivity index (χ0) is 11.5. The van der Waals surface area contributed by atoms with Gasteiger partial charge in [-0.15, -0.1) is 0 Å². The molecule has 2 rings (SSSR count). The number of halogens is 1. The van der Waals surface area contributed by atoms with Crippen LogP contribution in [0.1, 0.15) is 58.3 Å². The third-order valence-corrected chi connectivity index (χ3v) is 5.97.